The third kappa shape index (κ3) is 2.74. The highest BCUT2D eigenvalue weighted by molar-refractivity contribution is 6.00. The summed E-state index contributed by atoms with van der Waals surface area (Å²) in [5.74, 6) is 0.682. The summed E-state index contributed by atoms with van der Waals surface area (Å²) in [6.07, 6.45) is 3.74. The maximum atomic E-state index is 12.2. The molecule has 0 spiro atoms. The van der Waals surface area contributed by atoms with Crippen molar-refractivity contribution in [3.8, 4) is 5.75 Å². The molecule has 18 heavy (non-hydrogen) atoms. The Labute approximate surface area is 106 Å². The Hall–Kier alpha value is -2.16. The first-order valence-electron chi connectivity index (χ1n) is 5.77. The minimum Gasteiger partial charge on any atom is -0.496 e. The molecule has 0 bridgehead atoms. The number of aromatic nitrogens is 1. The van der Waals surface area contributed by atoms with Gasteiger partial charge in [0, 0.05) is 18.8 Å². The van der Waals surface area contributed by atoms with Gasteiger partial charge < -0.3 is 4.74 Å². The minimum absolute atomic E-state index is 0.0572. The molecule has 0 saturated carbocycles. The van der Waals surface area contributed by atoms with Gasteiger partial charge in [0.15, 0.2) is 5.78 Å². The molecule has 3 heteroatoms. The zero-order valence-electron chi connectivity index (χ0n) is 10.5. The highest BCUT2D eigenvalue weighted by atomic mass is 16.5. The second kappa shape index (κ2) is 5.45. The number of rotatable bonds is 4. The Morgan fingerprint density at radius 3 is 2.61 bits per heavy atom. The van der Waals surface area contributed by atoms with Gasteiger partial charge in [0.2, 0.25) is 0 Å². The average molecular weight is 241 g/mol. The van der Waals surface area contributed by atoms with Gasteiger partial charge in [-0.25, -0.2) is 0 Å². The molecule has 2 rings (SSSR count). The molecule has 1 heterocycles. The molecule has 2 aromatic rings. The molecule has 0 unspecified atom stereocenters. The molecule has 92 valence electrons. The summed E-state index contributed by atoms with van der Waals surface area (Å²) in [6.45, 7) is 1.96. The summed E-state index contributed by atoms with van der Waals surface area (Å²) in [6, 6.07) is 9.32. The van der Waals surface area contributed by atoms with Gasteiger partial charge in [-0.2, -0.15) is 0 Å². The van der Waals surface area contributed by atoms with E-state index in [0.717, 1.165) is 11.1 Å². The fraction of sp³-hybridized carbons (Fsp3) is 0.200. The molecule has 0 aliphatic carbocycles. The van der Waals surface area contributed by atoms with E-state index in [1.54, 1.807) is 19.5 Å². The fourth-order valence-electron chi connectivity index (χ4n) is 1.82. The van der Waals surface area contributed by atoms with Gasteiger partial charge in [-0.15, -0.1) is 0 Å². The maximum Gasteiger partial charge on any atom is 0.170 e. The van der Waals surface area contributed by atoms with Crippen molar-refractivity contribution in [2.45, 2.75) is 13.3 Å². The molecule has 3 nitrogen and oxygen atoms in total. The summed E-state index contributed by atoms with van der Waals surface area (Å²) >= 11 is 0. The molecule has 0 radical (unpaired) electrons. The number of carbonyl (C=O) groups is 1. The first-order chi connectivity index (χ1) is 8.70. The molecule has 0 aliphatic rings. The van der Waals surface area contributed by atoms with Crippen molar-refractivity contribution in [1.29, 1.82) is 0 Å². The lowest BCUT2D eigenvalue weighted by Crippen LogP contribution is -2.06. The molecule has 0 fully saturated rings. The lowest BCUT2D eigenvalue weighted by molar-refractivity contribution is 0.0990. The van der Waals surface area contributed by atoms with E-state index in [0.29, 0.717) is 17.7 Å². The Kier molecular flexibility index (Phi) is 3.72. The second-order valence-electron chi connectivity index (χ2n) is 4.16. The van der Waals surface area contributed by atoms with E-state index in [2.05, 4.69) is 4.98 Å². The molecule has 0 saturated heterocycles. The predicted molar refractivity (Wildman–Crippen MR) is 70.0 cm³/mol. The molecular formula is C15H15NO2. The maximum absolute atomic E-state index is 12.2. The number of ether oxygens (including phenoxy) is 1. The average Bonchev–Trinajstić information content (AvgIpc) is 2.40. The van der Waals surface area contributed by atoms with Crippen molar-refractivity contribution in [3.63, 3.8) is 0 Å². The van der Waals surface area contributed by atoms with Crippen LogP contribution in [0, 0.1) is 6.92 Å². The lowest BCUT2D eigenvalue weighted by atomic mass is 10.0. The summed E-state index contributed by atoms with van der Waals surface area (Å²) in [4.78, 5) is 16.2. The topological polar surface area (TPSA) is 39.2 Å². The van der Waals surface area contributed by atoms with Crippen LogP contribution in [-0.2, 0) is 6.42 Å². The molecular weight excluding hydrogens is 226 g/mol. The first kappa shape index (κ1) is 12.3. The summed E-state index contributed by atoms with van der Waals surface area (Å²) in [5, 5.41) is 0. The van der Waals surface area contributed by atoms with Crippen LogP contribution in [0.1, 0.15) is 21.5 Å². The number of Topliss-reactive ketones (excluding diaryl/α,β-unsaturated/α-hetero) is 1. The zero-order chi connectivity index (χ0) is 13.0. The number of nitrogens with zero attached hydrogens (tertiary/aromatic N) is 1. The molecule has 1 aromatic heterocycles. The molecule has 0 amide bonds. The van der Waals surface area contributed by atoms with Gasteiger partial charge >= 0.3 is 0 Å². The largest absolute Gasteiger partial charge is 0.496 e. The van der Waals surface area contributed by atoms with Crippen LogP contribution >= 0.6 is 0 Å². The van der Waals surface area contributed by atoms with Crippen LogP contribution in [0.2, 0.25) is 0 Å². The van der Waals surface area contributed by atoms with Crippen LogP contribution in [0.3, 0.4) is 0 Å². The van der Waals surface area contributed by atoms with E-state index in [4.69, 9.17) is 4.74 Å². The van der Waals surface area contributed by atoms with Gasteiger partial charge in [-0.3, -0.25) is 9.78 Å². The first-order valence-corrected chi connectivity index (χ1v) is 5.77. The Balaban J connectivity index is 2.26. The Bertz CT molecular complexity index is 550. The van der Waals surface area contributed by atoms with E-state index in [1.807, 2.05) is 37.3 Å². The van der Waals surface area contributed by atoms with Gasteiger partial charge in [0.05, 0.1) is 12.7 Å². The van der Waals surface area contributed by atoms with Gasteiger partial charge in [0.25, 0.3) is 0 Å². The highest BCUT2D eigenvalue weighted by Crippen LogP contribution is 2.21. The van der Waals surface area contributed by atoms with Crippen molar-refractivity contribution < 1.29 is 9.53 Å². The van der Waals surface area contributed by atoms with Crippen molar-refractivity contribution >= 4 is 5.78 Å². The zero-order valence-corrected chi connectivity index (χ0v) is 10.5. The van der Waals surface area contributed by atoms with Gasteiger partial charge in [-0.05, 0) is 36.8 Å². The lowest BCUT2D eigenvalue weighted by Gasteiger charge is -2.08. The smallest absolute Gasteiger partial charge is 0.170 e. The third-order valence-corrected chi connectivity index (χ3v) is 2.77. The van der Waals surface area contributed by atoms with E-state index in [9.17, 15) is 4.79 Å². The van der Waals surface area contributed by atoms with Gasteiger partial charge in [-0.1, -0.05) is 11.6 Å². The number of methoxy groups -OCH3 is 1. The van der Waals surface area contributed by atoms with Gasteiger partial charge in [0.1, 0.15) is 5.75 Å². The van der Waals surface area contributed by atoms with Crippen molar-refractivity contribution in [2.75, 3.05) is 7.11 Å². The van der Waals surface area contributed by atoms with Crippen molar-refractivity contribution in [1.82, 2.24) is 4.98 Å². The van der Waals surface area contributed by atoms with Crippen LogP contribution in [0.5, 0.6) is 5.75 Å². The quantitative estimate of drug-likeness (QED) is 0.773. The number of hydrogen-bond acceptors (Lipinski definition) is 3. The summed E-state index contributed by atoms with van der Waals surface area (Å²) in [5.41, 5.74) is 2.64. The fourth-order valence-corrected chi connectivity index (χ4v) is 1.82. The monoisotopic (exact) mass is 241 g/mol. The van der Waals surface area contributed by atoms with E-state index in [1.165, 1.54) is 0 Å². The standard InChI is InChI=1S/C15H15NO2/c1-11-3-4-15(18-2)13(9-11)14(17)10-12-5-7-16-8-6-12/h3-9H,10H2,1-2H3. The number of hydrogen-bond donors (Lipinski definition) is 0. The van der Waals surface area contributed by atoms with Crippen LogP contribution in [-0.4, -0.2) is 17.9 Å². The minimum atomic E-state index is 0.0572. The van der Waals surface area contributed by atoms with E-state index in [-0.39, 0.29) is 5.78 Å². The van der Waals surface area contributed by atoms with Crippen LogP contribution < -0.4 is 4.74 Å². The van der Waals surface area contributed by atoms with Crippen molar-refractivity contribution in [3.05, 3.63) is 59.4 Å². The summed E-state index contributed by atoms with van der Waals surface area (Å²) in [7, 11) is 1.58. The Morgan fingerprint density at radius 2 is 1.94 bits per heavy atom. The van der Waals surface area contributed by atoms with Crippen LogP contribution in [0.4, 0.5) is 0 Å². The number of ketones is 1. The molecule has 1 aromatic carbocycles. The number of carbonyl (C=O) groups excluding carboxylic acids is 1. The van der Waals surface area contributed by atoms with Crippen LogP contribution in [0.15, 0.2) is 42.7 Å². The molecule has 0 aliphatic heterocycles. The third-order valence-electron chi connectivity index (χ3n) is 2.77. The predicted octanol–water partition coefficient (Wildman–Crippen LogP) is 2.82. The highest BCUT2D eigenvalue weighted by Gasteiger charge is 2.12. The van der Waals surface area contributed by atoms with Crippen LogP contribution in [0.25, 0.3) is 0 Å². The molecule has 0 N–H and O–H groups in total. The normalized spacial score (nSPS) is 10.1. The Morgan fingerprint density at radius 1 is 1.22 bits per heavy atom. The number of aryl methyl sites for hydroxylation is 1. The summed E-state index contributed by atoms with van der Waals surface area (Å²) < 4.78 is 5.23. The SMILES string of the molecule is COc1ccc(C)cc1C(=O)Cc1ccncc1. The van der Waals surface area contributed by atoms with Crippen molar-refractivity contribution in [2.24, 2.45) is 0 Å². The van der Waals surface area contributed by atoms with E-state index >= 15 is 0 Å². The second-order valence-corrected chi connectivity index (χ2v) is 4.16. The van der Waals surface area contributed by atoms with E-state index < -0.39 is 0 Å². The number of pyridine rings is 1. The molecule has 0 atom stereocenters. The number of benzene rings is 1.